The SMILES string of the molecule is CC(=O)N1CCCC1c1cccc(NCC2CCOCC2)n1. The highest BCUT2D eigenvalue weighted by atomic mass is 16.5. The highest BCUT2D eigenvalue weighted by molar-refractivity contribution is 5.74. The summed E-state index contributed by atoms with van der Waals surface area (Å²) in [5.41, 5.74) is 1.00. The van der Waals surface area contributed by atoms with Crippen molar-refractivity contribution >= 4 is 11.7 Å². The number of carbonyl (C=O) groups is 1. The maximum absolute atomic E-state index is 11.7. The zero-order valence-electron chi connectivity index (χ0n) is 13.3. The number of ether oxygens (including phenoxy) is 1. The van der Waals surface area contributed by atoms with Crippen molar-refractivity contribution in [2.24, 2.45) is 5.92 Å². The maximum Gasteiger partial charge on any atom is 0.220 e. The lowest BCUT2D eigenvalue weighted by Gasteiger charge is -2.24. The highest BCUT2D eigenvalue weighted by Gasteiger charge is 2.28. The second kappa shape index (κ2) is 7.09. The Morgan fingerprint density at radius 3 is 2.95 bits per heavy atom. The van der Waals surface area contributed by atoms with Gasteiger partial charge in [0.05, 0.1) is 11.7 Å². The van der Waals surface area contributed by atoms with E-state index in [9.17, 15) is 4.79 Å². The number of likely N-dealkylation sites (tertiary alicyclic amines) is 1. The molecule has 2 aliphatic heterocycles. The van der Waals surface area contributed by atoms with Gasteiger partial charge in [-0.15, -0.1) is 0 Å². The Hall–Kier alpha value is -1.62. The molecule has 1 aromatic heterocycles. The zero-order valence-corrected chi connectivity index (χ0v) is 13.3. The van der Waals surface area contributed by atoms with Gasteiger partial charge in [-0.3, -0.25) is 4.79 Å². The minimum atomic E-state index is 0.141. The van der Waals surface area contributed by atoms with Gasteiger partial charge in [0.2, 0.25) is 5.91 Å². The van der Waals surface area contributed by atoms with Gasteiger partial charge in [0, 0.05) is 33.2 Å². The predicted octanol–water partition coefficient (Wildman–Crippen LogP) is 2.60. The van der Waals surface area contributed by atoms with Crippen LogP contribution >= 0.6 is 0 Å². The first-order chi connectivity index (χ1) is 10.7. The summed E-state index contributed by atoms with van der Waals surface area (Å²) in [6, 6.07) is 6.22. The molecule has 0 radical (unpaired) electrons. The largest absolute Gasteiger partial charge is 0.381 e. The lowest BCUT2D eigenvalue weighted by Crippen LogP contribution is -2.28. The molecule has 1 N–H and O–H groups in total. The Kier molecular flexibility index (Phi) is 4.93. The monoisotopic (exact) mass is 303 g/mol. The van der Waals surface area contributed by atoms with E-state index in [2.05, 4.69) is 5.32 Å². The summed E-state index contributed by atoms with van der Waals surface area (Å²) in [4.78, 5) is 18.4. The Balaban J connectivity index is 1.63. The smallest absolute Gasteiger partial charge is 0.220 e. The van der Waals surface area contributed by atoms with Gasteiger partial charge in [-0.1, -0.05) is 6.07 Å². The third-order valence-corrected chi connectivity index (χ3v) is 4.68. The molecular formula is C17H25N3O2. The van der Waals surface area contributed by atoms with Crippen LogP contribution < -0.4 is 5.32 Å². The number of rotatable bonds is 4. The van der Waals surface area contributed by atoms with Gasteiger partial charge < -0.3 is 15.0 Å². The van der Waals surface area contributed by atoms with Crippen LogP contribution in [0.25, 0.3) is 0 Å². The number of aromatic nitrogens is 1. The number of carbonyl (C=O) groups excluding carboxylic acids is 1. The third-order valence-electron chi connectivity index (χ3n) is 4.68. The molecule has 3 rings (SSSR count). The van der Waals surface area contributed by atoms with E-state index in [4.69, 9.17) is 9.72 Å². The van der Waals surface area contributed by atoms with Gasteiger partial charge in [-0.05, 0) is 43.7 Å². The van der Waals surface area contributed by atoms with Crippen molar-refractivity contribution in [1.29, 1.82) is 0 Å². The van der Waals surface area contributed by atoms with Crippen LogP contribution in [0.4, 0.5) is 5.82 Å². The van der Waals surface area contributed by atoms with Gasteiger partial charge in [-0.25, -0.2) is 4.98 Å². The number of anilines is 1. The van der Waals surface area contributed by atoms with E-state index in [-0.39, 0.29) is 11.9 Å². The van der Waals surface area contributed by atoms with E-state index < -0.39 is 0 Å². The molecule has 1 amide bonds. The van der Waals surface area contributed by atoms with Crippen LogP contribution in [0.1, 0.15) is 44.3 Å². The highest BCUT2D eigenvalue weighted by Crippen LogP contribution is 2.31. The number of nitrogens with one attached hydrogen (secondary N) is 1. The summed E-state index contributed by atoms with van der Waals surface area (Å²) in [5.74, 6) is 1.73. The van der Waals surface area contributed by atoms with E-state index in [0.717, 1.165) is 63.5 Å². The molecule has 1 unspecified atom stereocenters. The van der Waals surface area contributed by atoms with Crippen molar-refractivity contribution in [2.45, 2.75) is 38.6 Å². The Morgan fingerprint density at radius 2 is 2.18 bits per heavy atom. The molecule has 5 heteroatoms. The Bertz CT molecular complexity index is 514. The number of hydrogen-bond donors (Lipinski definition) is 1. The van der Waals surface area contributed by atoms with E-state index in [1.165, 1.54) is 0 Å². The molecule has 0 saturated carbocycles. The molecule has 0 spiro atoms. The molecule has 0 bridgehead atoms. The average Bonchev–Trinajstić information content (AvgIpc) is 3.04. The Morgan fingerprint density at radius 1 is 1.36 bits per heavy atom. The standard InChI is InChI=1S/C17H25N3O2/c1-13(21)20-9-3-5-16(20)15-4-2-6-17(19-15)18-12-14-7-10-22-11-8-14/h2,4,6,14,16H,3,5,7-12H2,1H3,(H,18,19). The minimum absolute atomic E-state index is 0.141. The summed E-state index contributed by atoms with van der Waals surface area (Å²) in [5, 5.41) is 3.45. The average molecular weight is 303 g/mol. The van der Waals surface area contributed by atoms with Crippen molar-refractivity contribution in [3.05, 3.63) is 23.9 Å². The Labute approximate surface area is 132 Å². The topological polar surface area (TPSA) is 54.5 Å². The first-order valence-electron chi connectivity index (χ1n) is 8.30. The first-order valence-corrected chi connectivity index (χ1v) is 8.30. The van der Waals surface area contributed by atoms with Crippen LogP contribution in [-0.4, -0.2) is 42.1 Å². The molecule has 22 heavy (non-hydrogen) atoms. The van der Waals surface area contributed by atoms with Crippen molar-refractivity contribution < 1.29 is 9.53 Å². The van der Waals surface area contributed by atoms with Crippen LogP contribution in [0.3, 0.4) is 0 Å². The first kappa shape index (κ1) is 15.3. The normalized spacial score (nSPS) is 22.8. The number of amides is 1. The van der Waals surface area contributed by atoms with E-state index >= 15 is 0 Å². The van der Waals surface area contributed by atoms with Crippen LogP contribution in [0.5, 0.6) is 0 Å². The lowest BCUT2D eigenvalue weighted by molar-refractivity contribution is -0.129. The molecule has 1 aromatic rings. The summed E-state index contributed by atoms with van der Waals surface area (Å²) < 4.78 is 5.39. The van der Waals surface area contributed by atoms with Crippen molar-refractivity contribution in [3.8, 4) is 0 Å². The zero-order chi connectivity index (χ0) is 15.4. The number of nitrogens with zero attached hydrogens (tertiary/aromatic N) is 2. The second-order valence-corrected chi connectivity index (χ2v) is 6.25. The van der Waals surface area contributed by atoms with Gasteiger partial charge >= 0.3 is 0 Å². The van der Waals surface area contributed by atoms with Crippen molar-refractivity contribution in [1.82, 2.24) is 9.88 Å². The van der Waals surface area contributed by atoms with Gasteiger partial charge in [-0.2, -0.15) is 0 Å². The number of hydrogen-bond acceptors (Lipinski definition) is 4. The molecule has 2 saturated heterocycles. The fourth-order valence-corrected chi connectivity index (χ4v) is 3.39. The molecule has 120 valence electrons. The fraction of sp³-hybridized carbons (Fsp3) is 0.647. The van der Waals surface area contributed by atoms with Crippen molar-refractivity contribution in [3.63, 3.8) is 0 Å². The molecule has 0 aliphatic carbocycles. The summed E-state index contributed by atoms with van der Waals surface area (Å²) >= 11 is 0. The van der Waals surface area contributed by atoms with E-state index in [1.54, 1.807) is 6.92 Å². The lowest BCUT2D eigenvalue weighted by atomic mass is 10.0. The number of pyridine rings is 1. The fourth-order valence-electron chi connectivity index (χ4n) is 3.39. The molecule has 5 nitrogen and oxygen atoms in total. The van der Waals surface area contributed by atoms with Gasteiger partial charge in [0.15, 0.2) is 0 Å². The van der Waals surface area contributed by atoms with Crippen molar-refractivity contribution in [2.75, 3.05) is 31.6 Å². The second-order valence-electron chi connectivity index (χ2n) is 6.25. The van der Waals surface area contributed by atoms with Crippen LogP contribution in [0, 0.1) is 5.92 Å². The molecule has 0 aromatic carbocycles. The summed E-state index contributed by atoms with van der Waals surface area (Å²) in [7, 11) is 0. The molecule has 1 atom stereocenters. The van der Waals surface area contributed by atoms with Crippen LogP contribution in [-0.2, 0) is 9.53 Å². The molecule has 2 fully saturated rings. The quantitative estimate of drug-likeness (QED) is 0.929. The van der Waals surface area contributed by atoms with E-state index in [1.807, 2.05) is 23.1 Å². The molecule has 2 aliphatic rings. The summed E-state index contributed by atoms with van der Waals surface area (Å²) in [6.45, 7) is 5.18. The van der Waals surface area contributed by atoms with Crippen LogP contribution in [0.2, 0.25) is 0 Å². The van der Waals surface area contributed by atoms with E-state index in [0.29, 0.717) is 5.92 Å². The third kappa shape index (κ3) is 3.58. The predicted molar refractivity (Wildman–Crippen MR) is 85.6 cm³/mol. The molecule has 3 heterocycles. The van der Waals surface area contributed by atoms with Gasteiger partial charge in [0.25, 0.3) is 0 Å². The summed E-state index contributed by atoms with van der Waals surface area (Å²) in [6.07, 6.45) is 4.31. The molecular weight excluding hydrogens is 278 g/mol. The maximum atomic E-state index is 11.7. The minimum Gasteiger partial charge on any atom is -0.381 e. The van der Waals surface area contributed by atoms with Crippen LogP contribution in [0.15, 0.2) is 18.2 Å². The van der Waals surface area contributed by atoms with Gasteiger partial charge in [0.1, 0.15) is 5.82 Å².